The van der Waals surface area contributed by atoms with Gasteiger partial charge in [0, 0.05) is 18.5 Å². The summed E-state index contributed by atoms with van der Waals surface area (Å²) in [6, 6.07) is 0. The summed E-state index contributed by atoms with van der Waals surface area (Å²) >= 11 is 0. The number of hydrogen-bond donors (Lipinski definition) is 1. The summed E-state index contributed by atoms with van der Waals surface area (Å²) in [6.45, 7) is 6.57. The fraction of sp³-hybridized carbons (Fsp3) is 0.818. The fourth-order valence-corrected chi connectivity index (χ4v) is 2.28. The largest absolute Gasteiger partial charge is 0.311 e. The Balaban J connectivity index is 2.06. The Morgan fingerprint density at radius 1 is 1.60 bits per heavy atom. The molecule has 1 saturated heterocycles. The molecule has 0 radical (unpaired) electrons. The highest BCUT2D eigenvalue weighted by molar-refractivity contribution is 4.99. The van der Waals surface area contributed by atoms with Crippen LogP contribution in [0.3, 0.4) is 0 Å². The van der Waals surface area contributed by atoms with Crippen LogP contribution in [0.5, 0.6) is 0 Å². The third-order valence-electron chi connectivity index (χ3n) is 3.14. The first-order valence-corrected chi connectivity index (χ1v) is 5.85. The molecule has 0 spiro atoms. The lowest BCUT2D eigenvalue weighted by Gasteiger charge is -2.23. The van der Waals surface area contributed by atoms with Crippen LogP contribution in [0, 0.1) is 0 Å². The molecule has 1 N–H and O–H groups in total. The van der Waals surface area contributed by atoms with Crippen LogP contribution in [-0.2, 0) is 13.0 Å². The van der Waals surface area contributed by atoms with Crippen molar-refractivity contribution in [3.05, 3.63) is 12.2 Å². The smallest absolute Gasteiger partial charge is 0.138 e. The molecular weight excluding hydrogens is 188 g/mol. The molecule has 4 heteroatoms. The second kappa shape index (κ2) is 4.31. The molecule has 1 aromatic heterocycles. The average Bonchev–Trinajstić information content (AvgIpc) is 2.78. The molecule has 84 valence electrons. The van der Waals surface area contributed by atoms with Crippen molar-refractivity contribution in [3.63, 3.8) is 0 Å². The maximum atomic E-state index is 4.36. The summed E-state index contributed by atoms with van der Waals surface area (Å²) in [5, 5.41) is 7.82. The van der Waals surface area contributed by atoms with Crippen LogP contribution in [0.1, 0.15) is 38.9 Å². The van der Waals surface area contributed by atoms with Gasteiger partial charge in [-0.2, -0.15) is 5.10 Å². The van der Waals surface area contributed by atoms with Gasteiger partial charge in [0.2, 0.25) is 0 Å². The molecule has 2 heterocycles. The number of nitrogens with one attached hydrogen (secondary N) is 1. The van der Waals surface area contributed by atoms with Crippen molar-refractivity contribution in [2.45, 2.75) is 51.6 Å². The molecule has 1 aliphatic heterocycles. The summed E-state index contributed by atoms with van der Waals surface area (Å²) in [5.74, 6) is 1.12. The molecule has 15 heavy (non-hydrogen) atoms. The van der Waals surface area contributed by atoms with Gasteiger partial charge in [0.25, 0.3) is 0 Å². The molecule has 0 bridgehead atoms. The van der Waals surface area contributed by atoms with Crippen molar-refractivity contribution in [1.29, 1.82) is 0 Å². The van der Waals surface area contributed by atoms with Crippen LogP contribution < -0.4 is 5.32 Å². The first-order chi connectivity index (χ1) is 7.23. The second-order valence-electron chi connectivity index (χ2n) is 4.67. The Kier molecular flexibility index (Phi) is 3.05. The molecule has 1 atom stereocenters. The van der Waals surface area contributed by atoms with Crippen LogP contribution >= 0.6 is 0 Å². The zero-order valence-electron chi connectivity index (χ0n) is 9.66. The predicted octanol–water partition coefficient (Wildman–Crippen LogP) is 1.37. The molecule has 0 aromatic carbocycles. The van der Waals surface area contributed by atoms with E-state index in [4.69, 9.17) is 0 Å². The van der Waals surface area contributed by atoms with E-state index < -0.39 is 0 Å². The van der Waals surface area contributed by atoms with Crippen molar-refractivity contribution >= 4 is 0 Å². The van der Waals surface area contributed by atoms with Gasteiger partial charge < -0.3 is 5.32 Å². The van der Waals surface area contributed by atoms with Gasteiger partial charge in [-0.25, -0.2) is 4.98 Å². The van der Waals surface area contributed by atoms with E-state index in [9.17, 15) is 0 Å². The fourth-order valence-electron chi connectivity index (χ4n) is 2.28. The van der Waals surface area contributed by atoms with Gasteiger partial charge in [0.1, 0.15) is 12.2 Å². The van der Waals surface area contributed by atoms with Crippen LogP contribution in [0.2, 0.25) is 0 Å². The Morgan fingerprint density at radius 3 is 3.13 bits per heavy atom. The SMILES string of the molecule is CCCn1ncnc1CC1(C)CCCN1. The lowest BCUT2D eigenvalue weighted by atomic mass is 9.95. The van der Waals surface area contributed by atoms with Gasteiger partial charge in [-0.15, -0.1) is 0 Å². The van der Waals surface area contributed by atoms with Crippen molar-refractivity contribution in [1.82, 2.24) is 20.1 Å². The normalized spacial score (nSPS) is 26.0. The quantitative estimate of drug-likeness (QED) is 0.812. The van der Waals surface area contributed by atoms with Crippen molar-refractivity contribution in [2.75, 3.05) is 6.54 Å². The summed E-state index contributed by atoms with van der Waals surface area (Å²) in [7, 11) is 0. The molecule has 0 aliphatic carbocycles. The molecule has 1 fully saturated rings. The highest BCUT2D eigenvalue weighted by Crippen LogP contribution is 2.22. The molecule has 1 unspecified atom stereocenters. The Hall–Kier alpha value is -0.900. The van der Waals surface area contributed by atoms with E-state index in [0.717, 1.165) is 31.8 Å². The maximum Gasteiger partial charge on any atom is 0.138 e. The van der Waals surface area contributed by atoms with E-state index in [0.29, 0.717) is 0 Å². The van der Waals surface area contributed by atoms with Gasteiger partial charge >= 0.3 is 0 Å². The van der Waals surface area contributed by atoms with Gasteiger partial charge in [-0.3, -0.25) is 4.68 Å². The summed E-state index contributed by atoms with van der Waals surface area (Å²) in [4.78, 5) is 4.36. The number of aryl methyl sites for hydroxylation is 1. The topological polar surface area (TPSA) is 42.7 Å². The zero-order chi connectivity index (χ0) is 10.7. The van der Waals surface area contributed by atoms with E-state index in [1.54, 1.807) is 6.33 Å². The molecular formula is C11H20N4. The van der Waals surface area contributed by atoms with Gasteiger partial charge in [-0.1, -0.05) is 6.92 Å². The van der Waals surface area contributed by atoms with E-state index in [1.165, 1.54) is 12.8 Å². The van der Waals surface area contributed by atoms with Crippen molar-refractivity contribution in [2.24, 2.45) is 0 Å². The first kappa shape index (κ1) is 10.6. The van der Waals surface area contributed by atoms with Crippen molar-refractivity contribution < 1.29 is 0 Å². The van der Waals surface area contributed by atoms with Crippen LogP contribution in [0.15, 0.2) is 6.33 Å². The number of nitrogens with zero attached hydrogens (tertiary/aromatic N) is 3. The van der Waals surface area contributed by atoms with Gasteiger partial charge in [0.05, 0.1) is 0 Å². The minimum absolute atomic E-state index is 0.235. The van der Waals surface area contributed by atoms with E-state index in [1.807, 2.05) is 4.68 Å². The Morgan fingerprint density at radius 2 is 2.47 bits per heavy atom. The summed E-state index contributed by atoms with van der Waals surface area (Å²) < 4.78 is 2.03. The maximum absolute atomic E-state index is 4.36. The lowest BCUT2D eigenvalue weighted by Crippen LogP contribution is -2.39. The number of aromatic nitrogens is 3. The Bertz CT molecular complexity index is 312. The summed E-state index contributed by atoms with van der Waals surface area (Å²) in [5.41, 5.74) is 0.235. The molecule has 0 saturated carbocycles. The first-order valence-electron chi connectivity index (χ1n) is 5.85. The third kappa shape index (κ3) is 2.37. The highest BCUT2D eigenvalue weighted by Gasteiger charge is 2.29. The van der Waals surface area contributed by atoms with E-state index in [-0.39, 0.29) is 5.54 Å². The average molecular weight is 208 g/mol. The zero-order valence-corrected chi connectivity index (χ0v) is 9.66. The summed E-state index contributed by atoms with van der Waals surface area (Å²) in [6.07, 6.45) is 6.29. The van der Waals surface area contributed by atoms with Crippen molar-refractivity contribution in [3.8, 4) is 0 Å². The molecule has 1 aromatic rings. The minimum Gasteiger partial charge on any atom is -0.311 e. The Labute approximate surface area is 91.1 Å². The van der Waals surface area contributed by atoms with E-state index in [2.05, 4.69) is 29.2 Å². The number of rotatable bonds is 4. The monoisotopic (exact) mass is 208 g/mol. The molecule has 4 nitrogen and oxygen atoms in total. The third-order valence-corrected chi connectivity index (χ3v) is 3.14. The lowest BCUT2D eigenvalue weighted by molar-refractivity contribution is 0.390. The molecule has 2 rings (SSSR count). The second-order valence-corrected chi connectivity index (χ2v) is 4.67. The van der Waals surface area contributed by atoms with Crippen LogP contribution in [0.25, 0.3) is 0 Å². The number of hydrogen-bond acceptors (Lipinski definition) is 3. The van der Waals surface area contributed by atoms with Gasteiger partial charge in [0.15, 0.2) is 0 Å². The van der Waals surface area contributed by atoms with Gasteiger partial charge in [-0.05, 0) is 32.7 Å². The van der Waals surface area contributed by atoms with Crippen LogP contribution in [0.4, 0.5) is 0 Å². The van der Waals surface area contributed by atoms with Crippen LogP contribution in [-0.4, -0.2) is 26.8 Å². The molecule has 1 aliphatic rings. The molecule has 0 amide bonds. The minimum atomic E-state index is 0.235. The standard InChI is InChI=1S/C11H20N4/c1-3-7-15-10(12-9-14-15)8-11(2)5-4-6-13-11/h9,13H,3-8H2,1-2H3. The predicted molar refractivity (Wildman–Crippen MR) is 59.7 cm³/mol. The van der Waals surface area contributed by atoms with E-state index >= 15 is 0 Å². The highest BCUT2D eigenvalue weighted by atomic mass is 15.3.